The van der Waals surface area contributed by atoms with Crippen LogP contribution in [0.1, 0.15) is 36.7 Å². The molecule has 106 valence electrons. The Labute approximate surface area is 123 Å². The number of halogens is 1. The van der Waals surface area contributed by atoms with E-state index in [9.17, 15) is 0 Å². The van der Waals surface area contributed by atoms with Crippen LogP contribution in [0.3, 0.4) is 0 Å². The molecule has 1 aromatic heterocycles. The van der Waals surface area contributed by atoms with Crippen LogP contribution in [0.5, 0.6) is 0 Å². The standard InChI is InChI=1S/C16H19ClN2O/c1-10-3-2-4-12-15(10)19(14(9-17)18-12)13-7-8-20-16(13)11-5-6-11/h2-4,11,13,16H,5-9H2,1H3. The van der Waals surface area contributed by atoms with E-state index in [0.29, 0.717) is 18.0 Å². The van der Waals surface area contributed by atoms with Gasteiger partial charge in [0, 0.05) is 6.61 Å². The second-order valence-corrected chi connectivity index (χ2v) is 6.27. The van der Waals surface area contributed by atoms with Crippen LogP contribution >= 0.6 is 11.6 Å². The van der Waals surface area contributed by atoms with Crippen molar-refractivity contribution in [3.63, 3.8) is 0 Å². The molecule has 1 aliphatic heterocycles. The maximum absolute atomic E-state index is 6.15. The summed E-state index contributed by atoms with van der Waals surface area (Å²) in [6.07, 6.45) is 4.05. The molecule has 4 rings (SSSR count). The minimum Gasteiger partial charge on any atom is -0.376 e. The minimum atomic E-state index is 0.356. The van der Waals surface area contributed by atoms with E-state index >= 15 is 0 Å². The Balaban J connectivity index is 1.88. The second kappa shape index (κ2) is 4.74. The van der Waals surface area contributed by atoms with Crippen molar-refractivity contribution in [2.45, 2.75) is 44.2 Å². The van der Waals surface area contributed by atoms with E-state index in [1.165, 1.54) is 23.9 Å². The fourth-order valence-corrected chi connectivity index (χ4v) is 3.76. The monoisotopic (exact) mass is 290 g/mol. The van der Waals surface area contributed by atoms with Gasteiger partial charge in [-0.1, -0.05) is 12.1 Å². The zero-order valence-corrected chi connectivity index (χ0v) is 12.4. The first-order valence-corrected chi connectivity index (χ1v) is 7.97. The number of hydrogen-bond acceptors (Lipinski definition) is 2. The minimum absolute atomic E-state index is 0.356. The number of rotatable bonds is 3. The van der Waals surface area contributed by atoms with Crippen LogP contribution in [0, 0.1) is 12.8 Å². The number of ether oxygens (including phenoxy) is 1. The molecule has 0 N–H and O–H groups in total. The van der Waals surface area contributed by atoms with Gasteiger partial charge in [0.05, 0.1) is 29.1 Å². The van der Waals surface area contributed by atoms with Crippen molar-refractivity contribution in [1.29, 1.82) is 0 Å². The Morgan fingerprint density at radius 3 is 2.95 bits per heavy atom. The zero-order valence-electron chi connectivity index (χ0n) is 11.7. The number of hydrogen-bond donors (Lipinski definition) is 0. The first-order chi connectivity index (χ1) is 9.79. The van der Waals surface area contributed by atoms with Crippen LogP contribution in [0.25, 0.3) is 11.0 Å². The number of fused-ring (bicyclic) bond motifs is 1. The Kier molecular flexibility index (Phi) is 3.00. The van der Waals surface area contributed by atoms with Gasteiger partial charge >= 0.3 is 0 Å². The quantitative estimate of drug-likeness (QED) is 0.804. The molecule has 3 nitrogen and oxygen atoms in total. The maximum atomic E-state index is 6.15. The molecule has 1 aromatic carbocycles. The number of para-hydroxylation sites is 1. The van der Waals surface area contributed by atoms with Gasteiger partial charge in [0.15, 0.2) is 0 Å². The molecule has 2 unspecified atom stereocenters. The molecule has 0 radical (unpaired) electrons. The van der Waals surface area contributed by atoms with Crippen LogP contribution in [-0.4, -0.2) is 22.3 Å². The van der Waals surface area contributed by atoms with Crippen molar-refractivity contribution in [3.8, 4) is 0 Å². The van der Waals surface area contributed by atoms with E-state index in [-0.39, 0.29) is 0 Å². The van der Waals surface area contributed by atoms with Gasteiger partial charge in [-0.25, -0.2) is 4.98 Å². The van der Waals surface area contributed by atoms with Gasteiger partial charge in [0.2, 0.25) is 0 Å². The SMILES string of the molecule is Cc1cccc2nc(CCl)n(C3CCOC3C3CC3)c12. The van der Waals surface area contributed by atoms with Gasteiger partial charge in [0.1, 0.15) is 5.82 Å². The zero-order chi connectivity index (χ0) is 13.7. The molecule has 20 heavy (non-hydrogen) atoms. The molecule has 2 atom stereocenters. The van der Waals surface area contributed by atoms with Gasteiger partial charge in [0.25, 0.3) is 0 Å². The lowest BCUT2D eigenvalue weighted by atomic mass is 10.0. The third-order valence-corrected chi connectivity index (χ3v) is 4.86. The third kappa shape index (κ3) is 1.87. The molecule has 2 fully saturated rings. The van der Waals surface area contributed by atoms with Crippen molar-refractivity contribution < 1.29 is 4.74 Å². The van der Waals surface area contributed by atoms with E-state index in [4.69, 9.17) is 21.3 Å². The Morgan fingerprint density at radius 2 is 2.20 bits per heavy atom. The first-order valence-electron chi connectivity index (χ1n) is 7.43. The molecule has 4 heteroatoms. The van der Waals surface area contributed by atoms with Crippen molar-refractivity contribution in [3.05, 3.63) is 29.6 Å². The highest BCUT2D eigenvalue weighted by Gasteiger charge is 2.42. The van der Waals surface area contributed by atoms with Crippen molar-refractivity contribution in [2.24, 2.45) is 5.92 Å². The van der Waals surface area contributed by atoms with Crippen LogP contribution in [-0.2, 0) is 10.6 Å². The molecule has 2 aliphatic rings. The lowest BCUT2D eigenvalue weighted by Crippen LogP contribution is -2.23. The molecule has 0 bridgehead atoms. The van der Waals surface area contributed by atoms with Gasteiger partial charge in [-0.2, -0.15) is 0 Å². The maximum Gasteiger partial charge on any atom is 0.125 e. The van der Waals surface area contributed by atoms with Crippen molar-refractivity contribution >= 4 is 22.6 Å². The van der Waals surface area contributed by atoms with Gasteiger partial charge < -0.3 is 9.30 Å². The van der Waals surface area contributed by atoms with E-state index in [1.54, 1.807) is 0 Å². The van der Waals surface area contributed by atoms with Crippen LogP contribution in [0.2, 0.25) is 0 Å². The smallest absolute Gasteiger partial charge is 0.125 e. The summed E-state index contributed by atoms with van der Waals surface area (Å²) in [7, 11) is 0. The highest BCUT2D eigenvalue weighted by Crippen LogP contribution is 2.44. The average Bonchev–Trinajstić information content (AvgIpc) is 3.05. The summed E-state index contributed by atoms with van der Waals surface area (Å²) in [6.45, 7) is 3.01. The Bertz CT molecular complexity index is 647. The van der Waals surface area contributed by atoms with Crippen molar-refractivity contribution in [2.75, 3.05) is 6.61 Å². The fourth-order valence-electron chi connectivity index (χ4n) is 3.57. The molecule has 1 aliphatic carbocycles. The summed E-state index contributed by atoms with van der Waals surface area (Å²) in [5.41, 5.74) is 3.57. The van der Waals surface area contributed by atoms with Crippen LogP contribution in [0.4, 0.5) is 0 Å². The predicted octanol–water partition coefficient (Wildman–Crippen LogP) is 3.82. The average molecular weight is 291 g/mol. The van der Waals surface area contributed by atoms with E-state index in [2.05, 4.69) is 29.7 Å². The number of nitrogens with zero attached hydrogens (tertiary/aromatic N) is 2. The molecule has 1 saturated carbocycles. The second-order valence-electron chi connectivity index (χ2n) is 6.00. The Morgan fingerprint density at radius 1 is 1.35 bits per heavy atom. The van der Waals surface area contributed by atoms with Crippen LogP contribution in [0.15, 0.2) is 18.2 Å². The molecule has 1 saturated heterocycles. The fraction of sp³-hybridized carbons (Fsp3) is 0.562. The normalized spacial score (nSPS) is 26.5. The number of imidazole rings is 1. The topological polar surface area (TPSA) is 27.1 Å². The third-order valence-electron chi connectivity index (χ3n) is 4.63. The van der Waals surface area contributed by atoms with Gasteiger partial charge in [-0.15, -0.1) is 11.6 Å². The summed E-state index contributed by atoms with van der Waals surface area (Å²) >= 11 is 6.15. The molecule has 0 amide bonds. The number of alkyl halides is 1. The van der Waals surface area contributed by atoms with E-state index < -0.39 is 0 Å². The highest BCUT2D eigenvalue weighted by molar-refractivity contribution is 6.16. The summed E-state index contributed by atoms with van der Waals surface area (Å²) < 4.78 is 8.38. The van der Waals surface area contributed by atoms with Gasteiger partial charge in [-0.05, 0) is 43.7 Å². The lowest BCUT2D eigenvalue weighted by molar-refractivity contribution is 0.0754. The van der Waals surface area contributed by atoms with E-state index in [1.807, 2.05) is 0 Å². The molecular weight excluding hydrogens is 272 g/mol. The molecular formula is C16H19ClN2O. The summed E-state index contributed by atoms with van der Waals surface area (Å²) in [4.78, 5) is 4.73. The van der Waals surface area contributed by atoms with Gasteiger partial charge in [-0.3, -0.25) is 0 Å². The first kappa shape index (κ1) is 12.7. The van der Waals surface area contributed by atoms with Crippen molar-refractivity contribution in [1.82, 2.24) is 9.55 Å². The van der Waals surface area contributed by atoms with Crippen LogP contribution < -0.4 is 0 Å². The van der Waals surface area contributed by atoms with E-state index in [0.717, 1.165) is 30.3 Å². The highest BCUT2D eigenvalue weighted by atomic mass is 35.5. The predicted molar refractivity (Wildman–Crippen MR) is 80.1 cm³/mol. The Hall–Kier alpha value is -1.06. The molecule has 0 spiro atoms. The number of benzene rings is 1. The summed E-state index contributed by atoms with van der Waals surface area (Å²) in [5.74, 6) is 2.19. The summed E-state index contributed by atoms with van der Waals surface area (Å²) in [5, 5.41) is 0. The number of aromatic nitrogens is 2. The number of aryl methyl sites for hydroxylation is 1. The summed E-state index contributed by atoms with van der Waals surface area (Å²) in [6, 6.07) is 6.70. The molecule has 2 heterocycles. The molecule has 2 aromatic rings. The lowest BCUT2D eigenvalue weighted by Gasteiger charge is -2.22. The largest absolute Gasteiger partial charge is 0.376 e.